The average molecular weight is 304 g/mol. The molecule has 1 aliphatic rings. The molecule has 1 saturated heterocycles. The van der Waals surface area contributed by atoms with Crippen molar-refractivity contribution in [1.82, 2.24) is 4.98 Å². The Balaban J connectivity index is 1.95. The van der Waals surface area contributed by atoms with Gasteiger partial charge in [0.05, 0.1) is 27.5 Å². The number of fused-ring (bicyclic) bond motifs is 1. The van der Waals surface area contributed by atoms with Crippen molar-refractivity contribution in [3.8, 4) is 0 Å². The number of nitrogens with two attached hydrogens (primary N) is 1. The third kappa shape index (κ3) is 2.50. The maximum atomic E-state index is 6.08. The molecule has 1 atom stereocenters. The van der Waals surface area contributed by atoms with Gasteiger partial charge < -0.3 is 15.0 Å². The molecule has 3 rings (SSSR count). The molecule has 4 nitrogen and oxygen atoms in total. The summed E-state index contributed by atoms with van der Waals surface area (Å²) in [6.45, 7) is 10.2. The van der Waals surface area contributed by atoms with Crippen molar-refractivity contribution in [1.29, 1.82) is 0 Å². The smallest absolute Gasteiger partial charge is 0.399 e. The summed E-state index contributed by atoms with van der Waals surface area (Å²) in [5.41, 5.74) is 7.21. The standard InChI is InChI=1S/C15H21BN2O2S/c1-9(17)13-18-11-8-10(6-7-12(11)21-13)16-19-14(2,3)15(4,5)20-16/h6-9H,17H2,1-5H3. The van der Waals surface area contributed by atoms with E-state index in [1.54, 1.807) is 11.3 Å². The van der Waals surface area contributed by atoms with Gasteiger partial charge in [0.1, 0.15) is 5.01 Å². The minimum absolute atomic E-state index is 0.0392. The first-order valence-electron chi connectivity index (χ1n) is 7.21. The number of nitrogens with zero attached hydrogens (tertiary/aromatic N) is 1. The predicted octanol–water partition coefficient (Wildman–Crippen LogP) is 2.62. The molecule has 0 bridgehead atoms. The molecular formula is C15H21BN2O2S. The summed E-state index contributed by atoms with van der Waals surface area (Å²) < 4.78 is 13.3. The monoisotopic (exact) mass is 304 g/mol. The minimum atomic E-state index is -0.347. The molecule has 2 heterocycles. The van der Waals surface area contributed by atoms with Gasteiger partial charge in [-0.3, -0.25) is 0 Å². The highest BCUT2D eigenvalue weighted by Crippen LogP contribution is 2.36. The van der Waals surface area contributed by atoms with Crippen LogP contribution in [0.2, 0.25) is 0 Å². The second-order valence-corrected chi connectivity index (χ2v) is 7.72. The van der Waals surface area contributed by atoms with Crippen molar-refractivity contribution < 1.29 is 9.31 Å². The largest absolute Gasteiger partial charge is 0.494 e. The summed E-state index contributed by atoms with van der Waals surface area (Å²) in [4.78, 5) is 4.60. The summed E-state index contributed by atoms with van der Waals surface area (Å²) in [5.74, 6) is 0. The van der Waals surface area contributed by atoms with Crippen LogP contribution in [0.15, 0.2) is 18.2 Å². The van der Waals surface area contributed by atoms with Crippen LogP contribution >= 0.6 is 11.3 Å². The maximum Gasteiger partial charge on any atom is 0.494 e. The Hall–Kier alpha value is -0.945. The molecule has 21 heavy (non-hydrogen) atoms. The van der Waals surface area contributed by atoms with E-state index in [0.29, 0.717) is 0 Å². The molecule has 0 amide bonds. The normalized spacial score (nSPS) is 21.9. The van der Waals surface area contributed by atoms with E-state index in [2.05, 4.69) is 38.7 Å². The molecule has 1 aromatic heterocycles. The Morgan fingerprint density at radius 2 is 1.81 bits per heavy atom. The maximum absolute atomic E-state index is 6.08. The number of rotatable bonds is 2. The van der Waals surface area contributed by atoms with E-state index in [9.17, 15) is 0 Å². The van der Waals surface area contributed by atoms with Gasteiger partial charge in [-0.05, 0) is 52.2 Å². The van der Waals surface area contributed by atoms with Gasteiger partial charge in [-0.25, -0.2) is 4.98 Å². The van der Waals surface area contributed by atoms with Crippen LogP contribution < -0.4 is 11.2 Å². The summed E-state index contributed by atoms with van der Waals surface area (Å²) in [5, 5.41) is 0.955. The molecule has 1 unspecified atom stereocenters. The fourth-order valence-electron chi connectivity index (χ4n) is 2.28. The fourth-order valence-corrected chi connectivity index (χ4v) is 3.18. The lowest BCUT2D eigenvalue weighted by Gasteiger charge is -2.32. The minimum Gasteiger partial charge on any atom is -0.399 e. The van der Waals surface area contributed by atoms with Crippen molar-refractivity contribution in [3.63, 3.8) is 0 Å². The molecule has 6 heteroatoms. The van der Waals surface area contributed by atoms with Crippen LogP contribution in [-0.4, -0.2) is 23.3 Å². The first kappa shape index (κ1) is 15.0. The van der Waals surface area contributed by atoms with Gasteiger partial charge in [-0.2, -0.15) is 0 Å². The summed E-state index contributed by atoms with van der Waals surface area (Å²) in [6.07, 6.45) is 0. The van der Waals surface area contributed by atoms with Gasteiger partial charge in [0, 0.05) is 0 Å². The number of hydrogen-bond acceptors (Lipinski definition) is 5. The Morgan fingerprint density at radius 3 is 2.38 bits per heavy atom. The van der Waals surface area contributed by atoms with Gasteiger partial charge in [0.2, 0.25) is 0 Å². The molecule has 1 fully saturated rings. The van der Waals surface area contributed by atoms with E-state index in [1.807, 2.05) is 19.1 Å². The zero-order valence-electron chi connectivity index (χ0n) is 13.1. The average Bonchev–Trinajstić information content (AvgIpc) is 2.88. The number of benzene rings is 1. The van der Waals surface area contributed by atoms with Crippen LogP contribution in [-0.2, 0) is 9.31 Å². The Labute approximate surface area is 129 Å². The van der Waals surface area contributed by atoms with Crippen molar-refractivity contribution in [2.75, 3.05) is 0 Å². The second kappa shape index (κ2) is 4.78. The molecule has 2 N–H and O–H groups in total. The fraction of sp³-hybridized carbons (Fsp3) is 0.533. The zero-order valence-corrected chi connectivity index (χ0v) is 14.0. The van der Waals surface area contributed by atoms with Gasteiger partial charge in [0.25, 0.3) is 0 Å². The van der Waals surface area contributed by atoms with Gasteiger partial charge in [-0.15, -0.1) is 11.3 Å². The first-order chi connectivity index (χ1) is 9.69. The number of aromatic nitrogens is 1. The molecule has 0 aliphatic carbocycles. The van der Waals surface area contributed by atoms with Crippen LogP contribution in [0.3, 0.4) is 0 Å². The molecule has 0 spiro atoms. The SMILES string of the molecule is CC(N)c1nc2cc(B3OC(C)(C)C(C)(C)O3)ccc2s1. The third-order valence-electron chi connectivity index (χ3n) is 4.34. The van der Waals surface area contributed by atoms with Gasteiger partial charge in [0.15, 0.2) is 0 Å². The summed E-state index contributed by atoms with van der Waals surface area (Å²) in [6, 6.07) is 6.12. The first-order valence-corrected chi connectivity index (χ1v) is 8.03. The van der Waals surface area contributed by atoms with Crippen molar-refractivity contribution in [3.05, 3.63) is 23.2 Å². The van der Waals surface area contributed by atoms with E-state index in [-0.39, 0.29) is 24.4 Å². The lowest BCUT2D eigenvalue weighted by molar-refractivity contribution is 0.00578. The Kier molecular flexibility index (Phi) is 3.41. The lowest BCUT2D eigenvalue weighted by Crippen LogP contribution is -2.41. The van der Waals surface area contributed by atoms with E-state index in [1.165, 1.54) is 0 Å². The highest BCUT2D eigenvalue weighted by molar-refractivity contribution is 7.18. The number of hydrogen-bond donors (Lipinski definition) is 1. The van der Waals surface area contributed by atoms with Crippen LogP contribution in [0, 0.1) is 0 Å². The summed E-state index contributed by atoms with van der Waals surface area (Å²) in [7, 11) is -0.347. The molecule has 112 valence electrons. The molecule has 2 aromatic rings. The van der Waals surface area contributed by atoms with Crippen molar-refractivity contribution in [2.24, 2.45) is 5.73 Å². The molecular weight excluding hydrogens is 283 g/mol. The Morgan fingerprint density at radius 1 is 1.19 bits per heavy atom. The lowest BCUT2D eigenvalue weighted by atomic mass is 9.79. The Bertz CT molecular complexity index is 665. The van der Waals surface area contributed by atoms with Gasteiger partial charge >= 0.3 is 7.12 Å². The van der Waals surface area contributed by atoms with E-state index < -0.39 is 0 Å². The molecule has 0 radical (unpaired) electrons. The second-order valence-electron chi connectivity index (χ2n) is 6.66. The zero-order chi connectivity index (χ0) is 15.4. The number of thiazole rings is 1. The molecule has 0 saturated carbocycles. The van der Waals surface area contributed by atoms with E-state index >= 15 is 0 Å². The van der Waals surface area contributed by atoms with Gasteiger partial charge in [-0.1, -0.05) is 6.07 Å². The topological polar surface area (TPSA) is 57.4 Å². The predicted molar refractivity (Wildman–Crippen MR) is 87.9 cm³/mol. The third-order valence-corrected chi connectivity index (χ3v) is 5.58. The van der Waals surface area contributed by atoms with Crippen LogP contribution in [0.4, 0.5) is 0 Å². The highest BCUT2D eigenvalue weighted by Gasteiger charge is 2.51. The quantitative estimate of drug-likeness (QED) is 0.867. The van der Waals surface area contributed by atoms with Crippen LogP contribution in [0.5, 0.6) is 0 Å². The highest BCUT2D eigenvalue weighted by atomic mass is 32.1. The summed E-state index contributed by atoms with van der Waals surface area (Å²) >= 11 is 1.64. The van der Waals surface area contributed by atoms with E-state index in [0.717, 1.165) is 20.7 Å². The van der Waals surface area contributed by atoms with E-state index in [4.69, 9.17) is 15.0 Å². The van der Waals surface area contributed by atoms with Crippen molar-refractivity contribution >= 4 is 34.1 Å². The van der Waals surface area contributed by atoms with Crippen LogP contribution in [0.25, 0.3) is 10.2 Å². The van der Waals surface area contributed by atoms with Crippen molar-refractivity contribution in [2.45, 2.75) is 51.9 Å². The van der Waals surface area contributed by atoms with Crippen LogP contribution in [0.1, 0.15) is 45.7 Å². The molecule has 1 aromatic carbocycles. The molecule has 1 aliphatic heterocycles.